The predicted octanol–water partition coefficient (Wildman–Crippen LogP) is 3.27. The maximum Gasteiger partial charge on any atom is 0.0501 e. The molecule has 0 unspecified atom stereocenters. The molecule has 3 N–H and O–H groups in total. The quantitative estimate of drug-likeness (QED) is 0.852. The van der Waals surface area contributed by atoms with E-state index in [1.807, 2.05) is 11.8 Å². The molecule has 2 rings (SSSR count). The highest BCUT2D eigenvalue weighted by Gasteiger charge is 2.05. The van der Waals surface area contributed by atoms with Crippen molar-refractivity contribution in [2.75, 3.05) is 0 Å². The summed E-state index contributed by atoms with van der Waals surface area (Å²) in [5.41, 5.74) is 9.40. The molecule has 0 fully saturated rings. The Kier molecular flexibility index (Phi) is 3.56. The van der Waals surface area contributed by atoms with E-state index in [0.29, 0.717) is 11.8 Å². The van der Waals surface area contributed by atoms with E-state index < -0.39 is 0 Å². The van der Waals surface area contributed by atoms with Crippen molar-refractivity contribution in [2.45, 2.75) is 31.4 Å². The topological polar surface area (TPSA) is 41.8 Å². The zero-order valence-electron chi connectivity index (χ0n) is 9.79. The summed E-state index contributed by atoms with van der Waals surface area (Å²) >= 11 is 1.95. The number of aromatic nitrogens is 1. The molecule has 16 heavy (non-hydrogen) atoms. The summed E-state index contributed by atoms with van der Waals surface area (Å²) in [6.07, 6.45) is 0. The number of thioether (sulfide) groups is 1. The second-order valence-corrected chi connectivity index (χ2v) is 5.80. The van der Waals surface area contributed by atoms with Gasteiger partial charge in [-0.15, -0.1) is 0 Å². The number of H-pyrrole nitrogens is 1. The molecule has 0 radical (unpaired) electrons. The smallest absolute Gasteiger partial charge is 0.0501 e. The van der Waals surface area contributed by atoms with E-state index >= 15 is 0 Å². The molecular formula is C13H18N2S. The molecule has 0 atom stereocenters. The fourth-order valence-electron chi connectivity index (χ4n) is 1.78. The minimum atomic E-state index is 0.592. The van der Waals surface area contributed by atoms with Crippen LogP contribution in [0.2, 0.25) is 0 Å². The first-order valence-corrected chi connectivity index (χ1v) is 6.66. The van der Waals surface area contributed by atoms with Crippen LogP contribution in [0.4, 0.5) is 0 Å². The van der Waals surface area contributed by atoms with Crippen LogP contribution in [-0.2, 0) is 12.3 Å². The third-order valence-corrected chi connectivity index (χ3v) is 3.73. The lowest BCUT2D eigenvalue weighted by atomic mass is 10.1. The molecule has 0 aliphatic heterocycles. The fourth-order valence-corrected chi connectivity index (χ4v) is 2.45. The predicted molar refractivity (Wildman–Crippen MR) is 72.6 cm³/mol. The van der Waals surface area contributed by atoms with E-state index in [9.17, 15) is 0 Å². The Morgan fingerprint density at radius 1 is 1.38 bits per heavy atom. The van der Waals surface area contributed by atoms with Crippen molar-refractivity contribution < 1.29 is 0 Å². The number of nitrogens with one attached hydrogen (secondary N) is 1. The summed E-state index contributed by atoms with van der Waals surface area (Å²) < 4.78 is 0. The second-order valence-electron chi connectivity index (χ2n) is 4.24. The van der Waals surface area contributed by atoms with Gasteiger partial charge in [0.05, 0.1) is 5.52 Å². The van der Waals surface area contributed by atoms with E-state index in [0.717, 1.165) is 5.75 Å². The van der Waals surface area contributed by atoms with Crippen LogP contribution in [0.1, 0.15) is 25.1 Å². The molecule has 2 aromatic rings. The molecule has 0 amide bonds. The monoisotopic (exact) mass is 234 g/mol. The Morgan fingerprint density at radius 2 is 2.19 bits per heavy atom. The maximum atomic E-state index is 5.72. The average Bonchev–Trinajstić information content (AvgIpc) is 2.68. The van der Waals surface area contributed by atoms with Gasteiger partial charge in [-0.05, 0) is 16.9 Å². The van der Waals surface area contributed by atoms with Crippen molar-refractivity contribution in [2.24, 2.45) is 5.73 Å². The van der Waals surface area contributed by atoms with Gasteiger partial charge in [0.15, 0.2) is 0 Å². The van der Waals surface area contributed by atoms with Crippen LogP contribution in [0.25, 0.3) is 10.9 Å². The molecule has 1 aromatic heterocycles. The number of hydrogen-bond donors (Lipinski definition) is 2. The van der Waals surface area contributed by atoms with E-state index in [-0.39, 0.29) is 0 Å². The van der Waals surface area contributed by atoms with Gasteiger partial charge in [-0.3, -0.25) is 0 Å². The van der Waals surface area contributed by atoms with Gasteiger partial charge in [0.1, 0.15) is 0 Å². The number of para-hydroxylation sites is 1. The largest absolute Gasteiger partial charge is 0.357 e. The number of aromatic amines is 1. The lowest BCUT2D eigenvalue weighted by molar-refractivity contribution is 1.07. The van der Waals surface area contributed by atoms with Crippen LogP contribution < -0.4 is 5.73 Å². The van der Waals surface area contributed by atoms with Crippen LogP contribution >= 0.6 is 11.8 Å². The van der Waals surface area contributed by atoms with Crippen molar-refractivity contribution in [1.29, 1.82) is 0 Å². The molecule has 0 spiro atoms. The third-order valence-electron chi connectivity index (χ3n) is 2.59. The van der Waals surface area contributed by atoms with Crippen LogP contribution in [0.5, 0.6) is 0 Å². The summed E-state index contributed by atoms with van der Waals surface area (Å²) in [5.74, 6) is 1.04. The molecule has 2 nitrogen and oxygen atoms in total. The summed E-state index contributed by atoms with van der Waals surface area (Å²) in [6.45, 7) is 5.03. The number of benzene rings is 1. The SMILES string of the molecule is CC(C)SCc1cc2cccc(CN)c2[nH]1. The van der Waals surface area contributed by atoms with Crippen LogP contribution in [0.3, 0.4) is 0 Å². The fraction of sp³-hybridized carbons (Fsp3) is 0.385. The van der Waals surface area contributed by atoms with Crippen LogP contribution in [0, 0.1) is 0 Å². The lowest BCUT2D eigenvalue weighted by Gasteiger charge is -2.02. The second kappa shape index (κ2) is 4.93. The number of fused-ring (bicyclic) bond motifs is 1. The highest BCUT2D eigenvalue weighted by Crippen LogP contribution is 2.23. The van der Waals surface area contributed by atoms with Crippen LogP contribution in [0.15, 0.2) is 24.3 Å². The van der Waals surface area contributed by atoms with Gasteiger partial charge < -0.3 is 10.7 Å². The summed E-state index contributed by atoms with van der Waals surface area (Å²) in [4.78, 5) is 3.47. The number of hydrogen-bond acceptors (Lipinski definition) is 2. The zero-order valence-corrected chi connectivity index (χ0v) is 10.6. The molecule has 0 aliphatic rings. The van der Waals surface area contributed by atoms with Gasteiger partial charge in [-0.1, -0.05) is 32.0 Å². The van der Waals surface area contributed by atoms with E-state index in [2.05, 4.69) is 43.1 Å². The molecular weight excluding hydrogens is 216 g/mol. The lowest BCUT2D eigenvalue weighted by Crippen LogP contribution is -1.96. The average molecular weight is 234 g/mol. The number of rotatable bonds is 4. The Balaban J connectivity index is 2.29. The Bertz CT molecular complexity index is 474. The van der Waals surface area contributed by atoms with Crippen molar-refractivity contribution >= 4 is 22.7 Å². The standard InChI is InChI=1S/C13H18N2S/c1-9(2)16-8-12-6-10-4-3-5-11(7-14)13(10)15-12/h3-6,9,15H,7-8,14H2,1-2H3. The highest BCUT2D eigenvalue weighted by molar-refractivity contribution is 7.99. The normalized spacial score (nSPS) is 11.5. The zero-order chi connectivity index (χ0) is 11.5. The van der Waals surface area contributed by atoms with Gasteiger partial charge in [0, 0.05) is 23.4 Å². The summed E-state index contributed by atoms with van der Waals surface area (Å²) in [6, 6.07) is 8.51. The third kappa shape index (κ3) is 2.42. The molecule has 3 heteroatoms. The van der Waals surface area contributed by atoms with E-state index in [1.54, 1.807) is 0 Å². The minimum Gasteiger partial charge on any atom is -0.357 e. The van der Waals surface area contributed by atoms with Gasteiger partial charge >= 0.3 is 0 Å². The molecule has 1 heterocycles. The van der Waals surface area contributed by atoms with Gasteiger partial charge in [-0.25, -0.2) is 0 Å². The van der Waals surface area contributed by atoms with E-state index in [4.69, 9.17) is 5.73 Å². The van der Waals surface area contributed by atoms with Crippen molar-refractivity contribution in [3.63, 3.8) is 0 Å². The minimum absolute atomic E-state index is 0.592. The molecule has 86 valence electrons. The van der Waals surface area contributed by atoms with Crippen molar-refractivity contribution in [3.05, 3.63) is 35.5 Å². The van der Waals surface area contributed by atoms with Crippen LogP contribution in [-0.4, -0.2) is 10.2 Å². The Morgan fingerprint density at radius 3 is 2.88 bits per heavy atom. The van der Waals surface area contributed by atoms with Crippen molar-refractivity contribution in [1.82, 2.24) is 4.98 Å². The van der Waals surface area contributed by atoms with Gasteiger partial charge in [0.2, 0.25) is 0 Å². The molecule has 1 aromatic carbocycles. The highest BCUT2D eigenvalue weighted by atomic mass is 32.2. The number of nitrogens with two attached hydrogens (primary N) is 1. The van der Waals surface area contributed by atoms with Crippen molar-refractivity contribution in [3.8, 4) is 0 Å². The molecule has 0 saturated heterocycles. The van der Waals surface area contributed by atoms with Gasteiger partial charge in [-0.2, -0.15) is 11.8 Å². The summed E-state index contributed by atoms with van der Waals surface area (Å²) in [7, 11) is 0. The Hall–Kier alpha value is -0.930. The Labute approximate surface area is 101 Å². The molecule has 0 saturated carbocycles. The summed E-state index contributed by atoms with van der Waals surface area (Å²) in [5, 5.41) is 1.93. The first kappa shape index (κ1) is 11.6. The molecule has 0 bridgehead atoms. The van der Waals surface area contributed by atoms with E-state index in [1.165, 1.54) is 22.2 Å². The maximum absolute atomic E-state index is 5.72. The molecule has 0 aliphatic carbocycles. The first-order chi connectivity index (χ1) is 7.70. The van der Waals surface area contributed by atoms with Gasteiger partial charge in [0.25, 0.3) is 0 Å². The first-order valence-electron chi connectivity index (χ1n) is 5.62.